The number of hydrogen-bond donors (Lipinski definition) is 2. The van der Waals surface area contributed by atoms with Crippen LogP contribution in [-0.4, -0.2) is 19.0 Å². The minimum atomic E-state index is -0.156. The van der Waals surface area contributed by atoms with E-state index in [4.69, 9.17) is 5.73 Å². The Morgan fingerprint density at radius 1 is 1.42 bits per heavy atom. The van der Waals surface area contributed by atoms with Gasteiger partial charge in [0.15, 0.2) is 0 Å². The average Bonchev–Trinajstić information content (AvgIpc) is 2.55. The highest BCUT2D eigenvalue weighted by molar-refractivity contribution is 5.77. The van der Waals surface area contributed by atoms with Crippen LogP contribution in [0.2, 0.25) is 0 Å². The molecule has 1 aliphatic rings. The van der Waals surface area contributed by atoms with Gasteiger partial charge in [-0.25, -0.2) is 0 Å². The van der Waals surface area contributed by atoms with Crippen LogP contribution in [0.3, 0.4) is 0 Å². The second-order valence-electron chi connectivity index (χ2n) is 2.83. The van der Waals surface area contributed by atoms with E-state index in [0.717, 1.165) is 19.3 Å². The molecule has 0 aromatic carbocycles. The van der Waals surface area contributed by atoms with Crippen LogP contribution in [-0.2, 0) is 4.79 Å². The van der Waals surface area contributed by atoms with Gasteiger partial charge in [-0.2, -0.15) is 0 Å². The van der Waals surface area contributed by atoms with Crippen LogP contribution in [0.1, 0.15) is 33.1 Å². The maximum absolute atomic E-state index is 10.8. The van der Waals surface area contributed by atoms with Gasteiger partial charge in [-0.1, -0.05) is 20.3 Å². The molecule has 0 radical (unpaired) electrons. The molecule has 3 heteroatoms. The van der Waals surface area contributed by atoms with Crippen LogP contribution in [0.4, 0.5) is 0 Å². The first-order valence-electron chi connectivity index (χ1n) is 4.72. The first-order chi connectivity index (χ1) is 5.75. The van der Waals surface area contributed by atoms with Crippen molar-refractivity contribution in [3.05, 3.63) is 0 Å². The van der Waals surface area contributed by atoms with Crippen molar-refractivity contribution >= 4 is 5.91 Å². The highest BCUT2D eigenvalue weighted by Gasteiger charge is 2.29. The van der Waals surface area contributed by atoms with Gasteiger partial charge in [0.05, 0.1) is 5.92 Å². The molecule has 12 heavy (non-hydrogen) atoms. The highest BCUT2D eigenvalue weighted by Crippen LogP contribution is 2.24. The molecule has 2 atom stereocenters. The highest BCUT2D eigenvalue weighted by atomic mass is 16.1. The summed E-state index contributed by atoms with van der Waals surface area (Å²) in [5.74, 6) is -0.0816. The Bertz CT molecular complexity index is 136. The van der Waals surface area contributed by atoms with Crippen molar-refractivity contribution in [2.75, 3.05) is 7.05 Å². The summed E-state index contributed by atoms with van der Waals surface area (Å²) in [7, 11) is 1.88. The molecule has 0 unspecified atom stereocenters. The first kappa shape index (κ1) is 11.4. The Kier molecular flexibility index (Phi) is 5.72. The summed E-state index contributed by atoms with van der Waals surface area (Å²) in [5, 5.41) is 3.09. The summed E-state index contributed by atoms with van der Waals surface area (Å²) in [4.78, 5) is 10.8. The number of nitrogens with one attached hydrogen (secondary N) is 1. The molecule has 0 aromatic heterocycles. The minimum absolute atomic E-state index is 0.0741. The molecule has 1 rings (SSSR count). The summed E-state index contributed by atoms with van der Waals surface area (Å²) >= 11 is 0. The lowest BCUT2D eigenvalue weighted by Crippen LogP contribution is -2.37. The SMILES string of the molecule is CC.CN[C@@H]1CCC[C@@H]1C(N)=O. The second kappa shape index (κ2) is 6.00. The van der Waals surface area contributed by atoms with Gasteiger partial charge in [-0.15, -0.1) is 0 Å². The van der Waals surface area contributed by atoms with Gasteiger partial charge in [0.1, 0.15) is 0 Å². The van der Waals surface area contributed by atoms with Crippen LogP contribution >= 0.6 is 0 Å². The van der Waals surface area contributed by atoms with Crippen molar-refractivity contribution < 1.29 is 4.79 Å². The maximum Gasteiger partial charge on any atom is 0.222 e. The Morgan fingerprint density at radius 3 is 2.33 bits per heavy atom. The van der Waals surface area contributed by atoms with Gasteiger partial charge in [-0.3, -0.25) is 4.79 Å². The first-order valence-corrected chi connectivity index (χ1v) is 4.72. The molecule has 1 aliphatic carbocycles. The van der Waals surface area contributed by atoms with E-state index in [9.17, 15) is 4.79 Å². The van der Waals surface area contributed by atoms with E-state index < -0.39 is 0 Å². The van der Waals surface area contributed by atoms with Crippen LogP contribution in [0.25, 0.3) is 0 Å². The normalized spacial score (nSPS) is 27.6. The van der Waals surface area contributed by atoms with Crippen molar-refractivity contribution in [2.24, 2.45) is 11.7 Å². The summed E-state index contributed by atoms with van der Waals surface area (Å²) in [6.45, 7) is 4.00. The lowest BCUT2D eigenvalue weighted by Gasteiger charge is -2.14. The quantitative estimate of drug-likeness (QED) is 0.650. The zero-order chi connectivity index (χ0) is 9.56. The van der Waals surface area contributed by atoms with Crippen molar-refractivity contribution in [1.82, 2.24) is 5.32 Å². The molecule has 0 saturated heterocycles. The molecule has 0 bridgehead atoms. The van der Waals surface area contributed by atoms with E-state index in [1.165, 1.54) is 0 Å². The summed E-state index contributed by atoms with van der Waals surface area (Å²) < 4.78 is 0. The molecule has 0 aromatic rings. The summed E-state index contributed by atoms with van der Waals surface area (Å²) in [6, 6.07) is 0.331. The minimum Gasteiger partial charge on any atom is -0.369 e. The number of nitrogens with two attached hydrogens (primary N) is 1. The Hall–Kier alpha value is -0.570. The fourth-order valence-corrected chi connectivity index (χ4v) is 1.65. The molecule has 1 fully saturated rings. The van der Waals surface area contributed by atoms with Crippen LogP contribution < -0.4 is 11.1 Å². The number of primary amides is 1. The van der Waals surface area contributed by atoms with Crippen molar-refractivity contribution in [3.63, 3.8) is 0 Å². The zero-order valence-electron chi connectivity index (χ0n) is 8.26. The largest absolute Gasteiger partial charge is 0.369 e. The molecule has 0 spiro atoms. The molecule has 3 nitrogen and oxygen atoms in total. The zero-order valence-corrected chi connectivity index (χ0v) is 8.26. The summed E-state index contributed by atoms with van der Waals surface area (Å²) in [6.07, 6.45) is 3.17. The number of hydrogen-bond acceptors (Lipinski definition) is 2. The molecule has 1 amide bonds. The Balaban J connectivity index is 0.000000561. The van der Waals surface area contributed by atoms with Gasteiger partial charge >= 0.3 is 0 Å². The molecule has 3 N–H and O–H groups in total. The molecule has 0 heterocycles. The van der Waals surface area contributed by atoms with Gasteiger partial charge in [-0.05, 0) is 19.9 Å². The number of carbonyl (C=O) groups excluding carboxylic acids is 1. The van der Waals surface area contributed by atoms with Gasteiger partial charge in [0.25, 0.3) is 0 Å². The summed E-state index contributed by atoms with van der Waals surface area (Å²) in [5.41, 5.74) is 5.18. The van der Waals surface area contributed by atoms with E-state index in [2.05, 4.69) is 5.32 Å². The number of rotatable bonds is 2. The van der Waals surface area contributed by atoms with E-state index >= 15 is 0 Å². The van der Waals surface area contributed by atoms with Crippen LogP contribution in [0, 0.1) is 5.92 Å². The molecule has 0 aliphatic heterocycles. The molecule has 1 saturated carbocycles. The standard InChI is InChI=1S/C7H14N2O.C2H6/c1-9-6-4-2-3-5(6)7(8)10;1-2/h5-6,9H,2-4H2,1H3,(H2,8,10);1-2H3/t5-,6+;/m0./s1. The lowest BCUT2D eigenvalue weighted by atomic mass is 10.0. The van der Waals surface area contributed by atoms with E-state index in [-0.39, 0.29) is 11.8 Å². The fourth-order valence-electron chi connectivity index (χ4n) is 1.65. The third kappa shape index (κ3) is 2.81. The monoisotopic (exact) mass is 172 g/mol. The predicted octanol–water partition coefficient (Wildman–Crippen LogP) is 0.886. The van der Waals surface area contributed by atoms with Gasteiger partial charge < -0.3 is 11.1 Å². The third-order valence-electron chi connectivity index (χ3n) is 2.25. The van der Waals surface area contributed by atoms with E-state index in [1.54, 1.807) is 0 Å². The van der Waals surface area contributed by atoms with E-state index in [0.29, 0.717) is 6.04 Å². The van der Waals surface area contributed by atoms with Gasteiger partial charge in [0, 0.05) is 6.04 Å². The average molecular weight is 172 g/mol. The maximum atomic E-state index is 10.8. The van der Waals surface area contributed by atoms with Crippen molar-refractivity contribution in [3.8, 4) is 0 Å². The van der Waals surface area contributed by atoms with Crippen molar-refractivity contribution in [1.29, 1.82) is 0 Å². The number of amides is 1. The predicted molar refractivity (Wildman–Crippen MR) is 50.7 cm³/mol. The second-order valence-corrected chi connectivity index (χ2v) is 2.83. The Labute approximate surface area is 74.7 Å². The molecular formula is C9H20N2O. The fraction of sp³-hybridized carbons (Fsp3) is 0.889. The van der Waals surface area contributed by atoms with Crippen LogP contribution in [0.15, 0.2) is 0 Å². The third-order valence-corrected chi connectivity index (χ3v) is 2.25. The smallest absolute Gasteiger partial charge is 0.222 e. The topological polar surface area (TPSA) is 55.1 Å². The molecule has 72 valence electrons. The van der Waals surface area contributed by atoms with Crippen LogP contribution in [0.5, 0.6) is 0 Å². The van der Waals surface area contributed by atoms with E-state index in [1.807, 2.05) is 20.9 Å². The number of carbonyl (C=O) groups is 1. The molecular weight excluding hydrogens is 152 g/mol. The lowest BCUT2D eigenvalue weighted by molar-refractivity contribution is -0.122. The van der Waals surface area contributed by atoms with Crippen molar-refractivity contribution in [2.45, 2.75) is 39.2 Å². The van der Waals surface area contributed by atoms with Gasteiger partial charge in [0.2, 0.25) is 5.91 Å². The Morgan fingerprint density at radius 2 is 2.00 bits per heavy atom.